The quantitative estimate of drug-likeness (QED) is 0.674. The second-order valence-corrected chi connectivity index (χ2v) is 5.84. The van der Waals surface area contributed by atoms with E-state index in [1.807, 2.05) is 30.5 Å². The van der Waals surface area contributed by atoms with Gasteiger partial charge >= 0.3 is 0 Å². The fourth-order valence-electron chi connectivity index (χ4n) is 2.21. The molecule has 0 saturated carbocycles. The van der Waals surface area contributed by atoms with Crippen LogP contribution in [0.2, 0.25) is 15.1 Å². The van der Waals surface area contributed by atoms with Gasteiger partial charge in [-0.1, -0.05) is 46.9 Å². The van der Waals surface area contributed by atoms with E-state index in [2.05, 4.69) is 0 Å². The molecule has 1 heterocycles. The highest BCUT2D eigenvalue weighted by Crippen LogP contribution is 2.36. The summed E-state index contributed by atoms with van der Waals surface area (Å²) >= 11 is 18.0. The van der Waals surface area contributed by atoms with Crippen LogP contribution in [0.3, 0.4) is 0 Å². The van der Waals surface area contributed by atoms with Crippen LogP contribution in [0.4, 0.5) is 0 Å². The molecule has 5 heteroatoms. The summed E-state index contributed by atoms with van der Waals surface area (Å²) in [6.45, 7) is 0.533. The van der Waals surface area contributed by atoms with Crippen molar-refractivity contribution in [1.82, 2.24) is 4.57 Å². The Kier molecular flexibility index (Phi) is 3.55. The maximum Gasteiger partial charge on any atom is 0.200 e. The third kappa shape index (κ3) is 2.47. The van der Waals surface area contributed by atoms with Crippen LogP contribution in [-0.2, 0) is 6.54 Å². The van der Waals surface area contributed by atoms with Crippen LogP contribution in [0.15, 0.2) is 42.6 Å². The van der Waals surface area contributed by atoms with Crippen molar-refractivity contribution in [1.29, 1.82) is 0 Å². The molecule has 0 unspecified atom stereocenters. The second-order valence-electron chi connectivity index (χ2n) is 4.56. The second kappa shape index (κ2) is 5.21. The van der Waals surface area contributed by atoms with E-state index >= 15 is 0 Å². The van der Waals surface area contributed by atoms with Crippen LogP contribution in [0.5, 0.6) is 5.88 Å². The molecule has 0 fully saturated rings. The fourth-order valence-corrected chi connectivity index (χ4v) is 2.93. The first-order chi connectivity index (χ1) is 9.54. The van der Waals surface area contributed by atoms with E-state index < -0.39 is 0 Å². The molecule has 2 aromatic carbocycles. The minimum atomic E-state index is 0.136. The smallest absolute Gasteiger partial charge is 0.200 e. The molecule has 1 aromatic heterocycles. The van der Waals surface area contributed by atoms with Gasteiger partial charge in [0.1, 0.15) is 0 Å². The summed E-state index contributed by atoms with van der Waals surface area (Å²) in [6, 6.07) is 10.9. The molecule has 0 atom stereocenters. The molecule has 0 saturated heterocycles. The summed E-state index contributed by atoms with van der Waals surface area (Å²) in [7, 11) is 0. The molecule has 0 radical (unpaired) electrons. The zero-order chi connectivity index (χ0) is 14.3. The van der Waals surface area contributed by atoms with Gasteiger partial charge in [0.05, 0.1) is 17.0 Å². The van der Waals surface area contributed by atoms with Crippen molar-refractivity contribution in [2.75, 3.05) is 0 Å². The molecule has 0 spiro atoms. The average molecular weight is 327 g/mol. The van der Waals surface area contributed by atoms with E-state index in [-0.39, 0.29) is 5.88 Å². The number of fused-ring (bicyclic) bond motifs is 1. The first kappa shape index (κ1) is 13.6. The van der Waals surface area contributed by atoms with Gasteiger partial charge in [-0.05, 0) is 29.8 Å². The van der Waals surface area contributed by atoms with Crippen LogP contribution in [0.25, 0.3) is 10.8 Å². The number of aromatic nitrogens is 1. The maximum atomic E-state index is 10.3. The third-order valence-electron chi connectivity index (χ3n) is 3.14. The van der Waals surface area contributed by atoms with Gasteiger partial charge in [0.15, 0.2) is 0 Å². The molecule has 0 bridgehead atoms. The van der Waals surface area contributed by atoms with E-state index in [0.29, 0.717) is 27.0 Å². The van der Waals surface area contributed by atoms with Gasteiger partial charge in [-0.15, -0.1) is 0 Å². The number of rotatable bonds is 2. The Bertz CT molecular complexity index is 778. The summed E-state index contributed by atoms with van der Waals surface area (Å²) < 4.78 is 1.73. The average Bonchev–Trinajstić information content (AvgIpc) is 2.69. The third-order valence-corrected chi connectivity index (χ3v) is 3.91. The molecule has 0 aliphatic rings. The molecule has 2 nitrogen and oxygen atoms in total. The first-order valence-electron chi connectivity index (χ1n) is 5.96. The van der Waals surface area contributed by atoms with Gasteiger partial charge in [-0.25, -0.2) is 0 Å². The number of aromatic hydroxyl groups is 1. The first-order valence-corrected chi connectivity index (χ1v) is 7.09. The zero-order valence-corrected chi connectivity index (χ0v) is 12.5. The van der Waals surface area contributed by atoms with Crippen molar-refractivity contribution < 1.29 is 5.11 Å². The number of nitrogens with zero attached hydrogens (tertiary/aromatic N) is 1. The molecule has 0 aliphatic carbocycles. The molecule has 0 amide bonds. The summed E-state index contributed by atoms with van der Waals surface area (Å²) in [6.07, 6.45) is 1.83. The van der Waals surface area contributed by atoms with Gasteiger partial charge < -0.3 is 9.67 Å². The van der Waals surface area contributed by atoms with Crippen LogP contribution < -0.4 is 0 Å². The molecular formula is C15H10Cl3NO. The SMILES string of the molecule is Oc1c2c(Cl)cc(Cl)cc2cn1Cc1ccc(Cl)cc1. The van der Waals surface area contributed by atoms with Crippen molar-refractivity contribution in [3.05, 3.63) is 63.2 Å². The molecule has 3 aromatic rings. The maximum absolute atomic E-state index is 10.3. The van der Waals surface area contributed by atoms with Crippen molar-refractivity contribution in [3.8, 4) is 5.88 Å². The number of halogens is 3. The Morgan fingerprint density at radius 2 is 1.65 bits per heavy atom. The van der Waals surface area contributed by atoms with Crippen LogP contribution >= 0.6 is 34.8 Å². The highest BCUT2D eigenvalue weighted by atomic mass is 35.5. The minimum Gasteiger partial charge on any atom is -0.494 e. The molecule has 1 N–H and O–H groups in total. The predicted octanol–water partition coefficient (Wildman–Crippen LogP) is 5.36. The van der Waals surface area contributed by atoms with E-state index in [4.69, 9.17) is 34.8 Å². The fraction of sp³-hybridized carbons (Fsp3) is 0.0667. The lowest BCUT2D eigenvalue weighted by Gasteiger charge is -2.05. The molecule has 20 heavy (non-hydrogen) atoms. The Morgan fingerprint density at radius 1 is 0.950 bits per heavy atom. The monoisotopic (exact) mass is 325 g/mol. The molecule has 102 valence electrons. The van der Waals surface area contributed by atoms with Gasteiger partial charge in [-0.2, -0.15) is 0 Å². The van der Waals surface area contributed by atoms with Gasteiger partial charge in [0.2, 0.25) is 5.88 Å². The predicted molar refractivity (Wildman–Crippen MR) is 84.2 cm³/mol. The highest BCUT2D eigenvalue weighted by molar-refractivity contribution is 6.39. The Balaban J connectivity index is 2.06. The number of hydrogen-bond acceptors (Lipinski definition) is 1. The van der Waals surface area contributed by atoms with E-state index in [0.717, 1.165) is 10.9 Å². The van der Waals surface area contributed by atoms with Crippen molar-refractivity contribution in [2.24, 2.45) is 0 Å². The number of benzene rings is 2. The largest absolute Gasteiger partial charge is 0.494 e. The van der Waals surface area contributed by atoms with Crippen molar-refractivity contribution in [3.63, 3.8) is 0 Å². The Morgan fingerprint density at radius 3 is 2.35 bits per heavy atom. The molecule has 3 rings (SSSR count). The standard InChI is InChI=1S/C15H10Cl3NO/c16-11-3-1-9(2-4-11)7-19-8-10-5-12(17)6-13(18)14(10)15(19)20/h1-6,8,20H,7H2. The van der Waals surface area contributed by atoms with Crippen LogP contribution in [-0.4, -0.2) is 9.67 Å². The number of hydrogen-bond donors (Lipinski definition) is 1. The van der Waals surface area contributed by atoms with Gasteiger partial charge in [0, 0.05) is 21.6 Å². The highest BCUT2D eigenvalue weighted by Gasteiger charge is 2.12. The van der Waals surface area contributed by atoms with Gasteiger partial charge in [-0.3, -0.25) is 0 Å². The summed E-state index contributed by atoms with van der Waals surface area (Å²) in [4.78, 5) is 0. The van der Waals surface area contributed by atoms with E-state index in [1.165, 1.54) is 0 Å². The lowest BCUT2D eigenvalue weighted by molar-refractivity contribution is 0.430. The van der Waals surface area contributed by atoms with Crippen LogP contribution in [0, 0.1) is 0 Å². The Labute approximate surface area is 131 Å². The summed E-state index contributed by atoms with van der Waals surface area (Å²) in [5, 5.41) is 13.4. The molecular weight excluding hydrogens is 317 g/mol. The lowest BCUT2D eigenvalue weighted by atomic mass is 10.2. The van der Waals surface area contributed by atoms with Gasteiger partial charge in [0.25, 0.3) is 0 Å². The topological polar surface area (TPSA) is 25.2 Å². The zero-order valence-electron chi connectivity index (χ0n) is 10.3. The van der Waals surface area contributed by atoms with E-state index in [1.54, 1.807) is 16.7 Å². The van der Waals surface area contributed by atoms with E-state index in [9.17, 15) is 5.11 Å². The summed E-state index contributed by atoms with van der Waals surface area (Å²) in [5.74, 6) is 0.136. The van der Waals surface area contributed by atoms with Crippen molar-refractivity contribution in [2.45, 2.75) is 6.54 Å². The van der Waals surface area contributed by atoms with Crippen molar-refractivity contribution >= 4 is 45.6 Å². The molecule has 0 aliphatic heterocycles. The minimum absolute atomic E-state index is 0.136. The van der Waals surface area contributed by atoms with Crippen LogP contribution in [0.1, 0.15) is 5.56 Å². The summed E-state index contributed by atoms with van der Waals surface area (Å²) in [5.41, 5.74) is 1.03. The lowest BCUT2D eigenvalue weighted by Crippen LogP contribution is -1.96. The Hall–Kier alpha value is -1.35. The normalized spacial score (nSPS) is 11.2.